The molecule has 1 fully saturated rings. The Hall–Kier alpha value is -2.63. The third-order valence-electron chi connectivity index (χ3n) is 5.79. The SMILES string of the molecule is CN(C(=O)c1ccc(-c2ccccc2Cl)o1)C1CCN(CCc2ccccn2)CC1. The first-order chi connectivity index (χ1) is 14.6. The second-order valence-electron chi connectivity index (χ2n) is 7.70. The highest BCUT2D eigenvalue weighted by atomic mass is 35.5. The first kappa shape index (κ1) is 20.6. The van der Waals surface area contributed by atoms with Gasteiger partial charge in [0.2, 0.25) is 0 Å². The highest BCUT2D eigenvalue weighted by Crippen LogP contribution is 2.29. The smallest absolute Gasteiger partial charge is 0.289 e. The van der Waals surface area contributed by atoms with Gasteiger partial charge in [-0.05, 0) is 49.2 Å². The van der Waals surface area contributed by atoms with Crippen LogP contribution in [-0.2, 0) is 6.42 Å². The van der Waals surface area contributed by atoms with Crippen LogP contribution in [0.3, 0.4) is 0 Å². The molecular weight excluding hydrogens is 398 g/mol. The van der Waals surface area contributed by atoms with Crippen LogP contribution >= 0.6 is 11.6 Å². The highest BCUT2D eigenvalue weighted by Gasteiger charge is 2.27. The van der Waals surface area contributed by atoms with Gasteiger partial charge in [-0.1, -0.05) is 29.8 Å². The molecule has 0 saturated carbocycles. The summed E-state index contributed by atoms with van der Waals surface area (Å²) in [6.07, 6.45) is 4.72. The number of carbonyl (C=O) groups is 1. The van der Waals surface area contributed by atoms with E-state index in [1.165, 1.54) is 0 Å². The van der Waals surface area contributed by atoms with Crippen LogP contribution in [0, 0.1) is 0 Å². The second kappa shape index (κ2) is 9.45. The molecule has 0 aliphatic carbocycles. The van der Waals surface area contributed by atoms with Crippen molar-refractivity contribution in [3.8, 4) is 11.3 Å². The van der Waals surface area contributed by atoms with Crippen molar-refractivity contribution < 1.29 is 9.21 Å². The molecular formula is C24H26ClN3O2. The van der Waals surface area contributed by atoms with Crippen molar-refractivity contribution in [2.45, 2.75) is 25.3 Å². The largest absolute Gasteiger partial charge is 0.451 e. The molecule has 1 amide bonds. The Labute approximate surface area is 182 Å². The maximum Gasteiger partial charge on any atom is 0.289 e. The zero-order valence-electron chi connectivity index (χ0n) is 17.1. The van der Waals surface area contributed by atoms with Crippen molar-refractivity contribution in [3.05, 3.63) is 77.3 Å². The molecule has 0 spiro atoms. The van der Waals surface area contributed by atoms with Crippen LogP contribution in [0.4, 0.5) is 0 Å². The molecule has 30 heavy (non-hydrogen) atoms. The van der Waals surface area contributed by atoms with Crippen molar-refractivity contribution in [2.24, 2.45) is 0 Å². The van der Waals surface area contributed by atoms with Gasteiger partial charge < -0.3 is 14.2 Å². The Morgan fingerprint density at radius 1 is 1.13 bits per heavy atom. The standard InChI is InChI=1S/C24H26ClN3O2/c1-27(19-12-16-28(17-13-19)15-11-18-6-4-5-14-26-18)24(29)23-10-9-22(30-23)20-7-2-3-8-21(20)25/h2-10,14,19H,11-13,15-17H2,1H3. The lowest BCUT2D eigenvalue weighted by Crippen LogP contribution is -2.46. The van der Waals surface area contributed by atoms with E-state index >= 15 is 0 Å². The van der Waals surface area contributed by atoms with Crippen LogP contribution in [0.5, 0.6) is 0 Å². The number of aromatic nitrogens is 1. The number of benzene rings is 1. The van der Waals surface area contributed by atoms with Gasteiger partial charge in [0.1, 0.15) is 5.76 Å². The van der Waals surface area contributed by atoms with E-state index in [0.29, 0.717) is 16.5 Å². The van der Waals surface area contributed by atoms with Crippen molar-refractivity contribution in [3.63, 3.8) is 0 Å². The third-order valence-corrected chi connectivity index (χ3v) is 6.12. The van der Waals surface area contributed by atoms with E-state index in [2.05, 4.69) is 16.0 Å². The molecule has 4 rings (SSSR count). The molecule has 0 bridgehead atoms. The molecule has 0 atom stereocenters. The van der Waals surface area contributed by atoms with Gasteiger partial charge in [0.05, 0.1) is 5.02 Å². The van der Waals surface area contributed by atoms with E-state index in [-0.39, 0.29) is 11.9 Å². The van der Waals surface area contributed by atoms with E-state index in [1.54, 1.807) is 6.07 Å². The lowest BCUT2D eigenvalue weighted by atomic mass is 10.0. The van der Waals surface area contributed by atoms with E-state index < -0.39 is 0 Å². The minimum absolute atomic E-state index is 0.0831. The number of amides is 1. The normalized spacial score (nSPS) is 15.3. The molecule has 1 aliphatic rings. The molecule has 2 aromatic heterocycles. The molecule has 0 N–H and O–H groups in total. The number of halogens is 1. The quantitative estimate of drug-likeness (QED) is 0.572. The fourth-order valence-electron chi connectivity index (χ4n) is 3.95. The van der Waals surface area contributed by atoms with E-state index in [4.69, 9.17) is 16.0 Å². The zero-order valence-corrected chi connectivity index (χ0v) is 17.9. The summed E-state index contributed by atoms with van der Waals surface area (Å²) in [6.45, 7) is 2.97. The Kier molecular flexibility index (Phi) is 6.50. The molecule has 6 heteroatoms. The third kappa shape index (κ3) is 4.74. The number of nitrogens with zero attached hydrogens (tertiary/aromatic N) is 3. The number of piperidine rings is 1. The summed E-state index contributed by atoms with van der Waals surface area (Å²) in [5.41, 5.74) is 1.92. The summed E-state index contributed by atoms with van der Waals surface area (Å²) in [5.74, 6) is 0.881. The fourth-order valence-corrected chi connectivity index (χ4v) is 4.18. The van der Waals surface area contributed by atoms with Crippen LogP contribution in [0.1, 0.15) is 29.1 Å². The number of hydrogen-bond acceptors (Lipinski definition) is 4. The van der Waals surface area contributed by atoms with Gasteiger partial charge in [-0.3, -0.25) is 9.78 Å². The highest BCUT2D eigenvalue weighted by molar-refractivity contribution is 6.33. The van der Waals surface area contributed by atoms with Gasteiger partial charge in [-0.15, -0.1) is 0 Å². The van der Waals surface area contributed by atoms with Gasteiger partial charge in [0.25, 0.3) is 5.91 Å². The minimum atomic E-state index is -0.0831. The first-order valence-electron chi connectivity index (χ1n) is 10.4. The number of rotatable bonds is 6. The van der Waals surface area contributed by atoms with Crippen LogP contribution in [0.2, 0.25) is 5.02 Å². The number of carbonyl (C=O) groups excluding carboxylic acids is 1. The topological polar surface area (TPSA) is 49.6 Å². The van der Waals surface area contributed by atoms with Crippen molar-refractivity contribution >= 4 is 17.5 Å². The summed E-state index contributed by atoms with van der Waals surface area (Å²) in [4.78, 5) is 21.6. The summed E-state index contributed by atoms with van der Waals surface area (Å²) in [7, 11) is 1.87. The first-order valence-corrected chi connectivity index (χ1v) is 10.7. The average Bonchev–Trinajstić information content (AvgIpc) is 3.28. The Balaban J connectivity index is 1.31. The summed E-state index contributed by atoms with van der Waals surface area (Å²) >= 11 is 6.25. The summed E-state index contributed by atoms with van der Waals surface area (Å²) < 4.78 is 5.84. The molecule has 156 valence electrons. The van der Waals surface area contributed by atoms with Gasteiger partial charge >= 0.3 is 0 Å². The Bertz CT molecular complexity index is 981. The van der Waals surface area contributed by atoms with Crippen molar-refractivity contribution in [1.29, 1.82) is 0 Å². The lowest BCUT2D eigenvalue weighted by molar-refractivity contribution is 0.0613. The maximum atomic E-state index is 12.9. The summed E-state index contributed by atoms with van der Waals surface area (Å²) in [6, 6.07) is 17.3. The molecule has 1 saturated heterocycles. The predicted molar refractivity (Wildman–Crippen MR) is 119 cm³/mol. The number of furan rings is 1. The lowest BCUT2D eigenvalue weighted by Gasteiger charge is -2.36. The number of likely N-dealkylation sites (tertiary alicyclic amines) is 1. The minimum Gasteiger partial charge on any atom is -0.451 e. The Morgan fingerprint density at radius 2 is 1.90 bits per heavy atom. The monoisotopic (exact) mass is 423 g/mol. The molecule has 3 heterocycles. The van der Waals surface area contributed by atoms with Crippen molar-refractivity contribution in [1.82, 2.24) is 14.8 Å². The van der Waals surface area contributed by atoms with E-state index in [9.17, 15) is 4.79 Å². The van der Waals surface area contributed by atoms with Gasteiger partial charge in [-0.25, -0.2) is 0 Å². The Morgan fingerprint density at radius 3 is 2.63 bits per heavy atom. The molecule has 0 unspecified atom stereocenters. The molecule has 0 radical (unpaired) electrons. The molecule has 1 aliphatic heterocycles. The van der Waals surface area contributed by atoms with E-state index in [0.717, 1.165) is 50.2 Å². The molecule has 3 aromatic rings. The van der Waals surface area contributed by atoms with Crippen LogP contribution in [-0.4, -0.2) is 53.4 Å². The zero-order chi connectivity index (χ0) is 20.9. The summed E-state index contributed by atoms with van der Waals surface area (Å²) in [5, 5.41) is 0.609. The second-order valence-corrected chi connectivity index (χ2v) is 8.11. The van der Waals surface area contributed by atoms with Crippen LogP contribution in [0.15, 0.2) is 65.2 Å². The fraction of sp³-hybridized carbons (Fsp3) is 0.333. The van der Waals surface area contributed by atoms with Crippen molar-refractivity contribution in [2.75, 3.05) is 26.7 Å². The maximum absolute atomic E-state index is 12.9. The molecule has 5 nitrogen and oxygen atoms in total. The van der Waals surface area contributed by atoms with E-state index in [1.807, 2.05) is 60.6 Å². The van der Waals surface area contributed by atoms with Gasteiger partial charge in [0, 0.05) is 56.6 Å². The van der Waals surface area contributed by atoms with Crippen LogP contribution in [0.25, 0.3) is 11.3 Å². The van der Waals surface area contributed by atoms with Gasteiger partial charge in [-0.2, -0.15) is 0 Å². The number of pyridine rings is 1. The van der Waals surface area contributed by atoms with Crippen LogP contribution < -0.4 is 0 Å². The van der Waals surface area contributed by atoms with Gasteiger partial charge in [0.15, 0.2) is 5.76 Å². The predicted octanol–water partition coefficient (Wildman–Crippen LogP) is 4.77. The average molecular weight is 424 g/mol. The number of hydrogen-bond donors (Lipinski definition) is 0. The molecule has 1 aromatic carbocycles.